The molecule has 3 unspecified atom stereocenters. The summed E-state index contributed by atoms with van der Waals surface area (Å²) in [5.41, 5.74) is -2.00. The van der Waals surface area contributed by atoms with Crippen LogP contribution in [-0.4, -0.2) is 59.8 Å². The van der Waals surface area contributed by atoms with E-state index in [1.54, 1.807) is 0 Å². The third-order valence-electron chi connectivity index (χ3n) is 4.89. The standard InChI is InChI=1S/C18H21F3NO4/c19-18(20,21)17(16(23)24)8-4-5-9-22(17)15-12-25-11-14(26-15)10-13-6-2-1-3-7-13/h1-4,6-7,14-15H,5,8-12H2,(H,23,24). The van der Waals surface area contributed by atoms with E-state index in [4.69, 9.17) is 9.47 Å². The lowest BCUT2D eigenvalue weighted by molar-refractivity contribution is -0.286. The van der Waals surface area contributed by atoms with Crippen molar-refractivity contribution in [1.82, 2.24) is 4.90 Å². The summed E-state index contributed by atoms with van der Waals surface area (Å²) in [4.78, 5) is 12.6. The number of rotatable bonds is 4. The van der Waals surface area contributed by atoms with E-state index >= 15 is 0 Å². The number of carboxylic acid groups (broad SMARTS) is 1. The van der Waals surface area contributed by atoms with E-state index in [-0.39, 0.29) is 19.8 Å². The first-order valence-corrected chi connectivity index (χ1v) is 8.50. The van der Waals surface area contributed by atoms with Crippen molar-refractivity contribution in [3.8, 4) is 0 Å². The summed E-state index contributed by atoms with van der Waals surface area (Å²) in [5, 5.41) is 9.45. The smallest absolute Gasteiger partial charge is 0.417 e. The molecule has 3 atom stereocenters. The van der Waals surface area contributed by atoms with Gasteiger partial charge in [0.1, 0.15) is 6.23 Å². The minimum Gasteiger partial charge on any atom is -0.480 e. The number of benzene rings is 1. The van der Waals surface area contributed by atoms with Gasteiger partial charge in [-0.3, -0.25) is 4.90 Å². The van der Waals surface area contributed by atoms with Gasteiger partial charge in [0.05, 0.1) is 19.3 Å². The zero-order valence-electron chi connectivity index (χ0n) is 14.1. The molecular formula is C18H21F3NO4. The number of likely N-dealkylation sites (tertiary alicyclic amines) is 1. The number of aliphatic carboxylic acids is 1. The van der Waals surface area contributed by atoms with E-state index < -0.39 is 36.4 Å². The fraction of sp³-hybridized carbons (Fsp3) is 0.556. The van der Waals surface area contributed by atoms with Crippen LogP contribution < -0.4 is 0 Å². The molecule has 8 heteroatoms. The third-order valence-corrected chi connectivity index (χ3v) is 4.89. The maximum Gasteiger partial charge on any atom is 0.417 e. The largest absolute Gasteiger partial charge is 0.480 e. The highest BCUT2D eigenvalue weighted by molar-refractivity contribution is 5.80. The van der Waals surface area contributed by atoms with Crippen LogP contribution in [0.5, 0.6) is 0 Å². The minimum absolute atomic E-state index is 0.0438. The molecule has 2 aliphatic rings. The van der Waals surface area contributed by atoms with Crippen LogP contribution in [0, 0.1) is 6.42 Å². The van der Waals surface area contributed by atoms with Gasteiger partial charge in [-0.05, 0) is 24.8 Å². The summed E-state index contributed by atoms with van der Waals surface area (Å²) in [7, 11) is 0. The van der Waals surface area contributed by atoms with Crippen LogP contribution in [0.25, 0.3) is 0 Å². The van der Waals surface area contributed by atoms with Gasteiger partial charge in [0.25, 0.3) is 0 Å². The molecule has 1 aromatic carbocycles. The average molecular weight is 372 g/mol. The van der Waals surface area contributed by atoms with Gasteiger partial charge < -0.3 is 14.6 Å². The summed E-state index contributed by atoms with van der Waals surface area (Å²) < 4.78 is 52.6. The van der Waals surface area contributed by atoms with Crippen LogP contribution in [0.15, 0.2) is 30.3 Å². The quantitative estimate of drug-likeness (QED) is 0.881. The molecular weight excluding hydrogens is 351 g/mol. The van der Waals surface area contributed by atoms with Gasteiger partial charge in [-0.2, -0.15) is 13.2 Å². The van der Waals surface area contributed by atoms with Crippen molar-refractivity contribution in [2.45, 2.75) is 43.3 Å². The maximum atomic E-state index is 13.8. The first-order valence-electron chi connectivity index (χ1n) is 8.50. The molecule has 1 aromatic rings. The lowest BCUT2D eigenvalue weighted by Crippen LogP contribution is -2.70. The van der Waals surface area contributed by atoms with Crippen molar-refractivity contribution in [2.75, 3.05) is 19.8 Å². The molecule has 2 fully saturated rings. The predicted octanol–water partition coefficient (Wildman–Crippen LogP) is 2.66. The Morgan fingerprint density at radius 1 is 1.27 bits per heavy atom. The number of nitrogens with zero attached hydrogens (tertiary/aromatic N) is 1. The summed E-state index contributed by atoms with van der Waals surface area (Å²) in [6.45, 7) is 0.131. The summed E-state index contributed by atoms with van der Waals surface area (Å²) in [6, 6.07) is 9.42. The fourth-order valence-electron chi connectivity index (χ4n) is 3.60. The van der Waals surface area contributed by atoms with Crippen LogP contribution in [-0.2, 0) is 20.7 Å². The van der Waals surface area contributed by atoms with Gasteiger partial charge in [0.2, 0.25) is 5.54 Å². The number of ether oxygens (including phenoxy) is 2. The Morgan fingerprint density at radius 3 is 2.65 bits per heavy atom. The van der Waals surface area contributed by atoms with Gasteiger partial charge >= 0.3 is 12.1 Å². The fourth-order valence-corrected chi connectivity index (χ4v) is 3.60. The average Bonchev–Trinajstić information content (AvgIpc) is 2.61. The van der Waals surface area contributed by atoms with Gasteiger partial charge in [-0.25, -0.2) is 4.79 Å². The Labute approximate surface area is 149 Å². The monoisotopic (exact) mass is 372 g/mol. The van der Waals surface area contributed by atoms with Crippen molar-refractivity contribution in [2.24, 2.45) is 0 Å². The van der Waals surface area contributed by atoms with E-state index in [9.17, 15) is 23.1 Å². The van der Waals surface area contributed by atoms with Gasteiger partial charge in [-0.1, -0.05) is 30.3 Å². The summed E-state index contributed by atoms with van der Waals surface area (Å²) in [6.07, 6.45) is -4.77. The molecule has 2 saturated heterocycles. The van der Waals surface area contributed by atoms with E-state index in [0.29, 0.717) is 12.8 Å². The first-order chi connectivity index (χ1) is 12.3. The van der Waals surface area contributed by atoms with Crippen LogP contribution in [0.4, 0.5) is 13.2 Å². The molecule has 0 bridgehead atoms. The molecule has 0 amide bonds. The molecule has 0 spiro atoms. The number of carbonyl (C=O) groups is 1. The molecule has 26 heavy (non-hydrogen) atoms. The van der Waals surface area contributed by atoms with Crippen molar-refractivity contribution >= 4 is 5.97 Å². The molecule has 3 rings (SSSR count). The first kappa shape index (κ1) is 19.1. The van der Waals surface area contributed by atoms with Gasteiger partial charge in [-0.15, -0.1) is 0 Å². The van der Waals surface area contributed by atoms with Crippen LogP contribution in [0.3, 0.4) is 0 Å². The molecule has 0 aromatic heterocycles. The highest BCUT2D eigenvalue weighted by Crippen LogP contribution is 2.44. The highest BCUT2D eigenvalue weighted by Gasteiger charge is 2.66. The molecule has 5 nitrogen and oxygen atoms in total. The van der Waals surface area contributed by atoms with Crippen molar-refractivity contribution in [3.05, 3.63) is 42.3 Å². The Kier molecular flexibility index (Phi) is 5.55. The number of hydrogen-bond donors (Lipinski definition) is 1. The van der Waals surface area contributed by atoms with Crippen LogP contribution in [0.1, 0.15) is 18.4 Å². The number of carboxylic acids is 1. The molecule has 2 aliphatic heterocycles. The lowest BCUT2D eigenvalue weighted by atomic mass is 9.85. The summed E-state index contributed by atoms with van der Waals surface area (Å²) >= 11 is 0. The predicted molar refractivity (Wildman–Crippen MR) is 86.3 cm³/mol. The number of hydrogen-bond acceptors (Lipinski definition) is 4. The lowest BCUT2D eigenvalue weighted by Gasteiger charge is -2.49. The second-order valence-electron chi connectivity index (χ2n) is 6.58. The molecule has 2 heterocycles. The van der Waals surface area contributed by atoms with Crippen molar-refractivity contribution in [3.63, 3.8) is 0 Å². The second-order valence-corrected chi connectivity index (χ2v) is 6.58. The van der Waals surface area contributed by atoms with E-state index in [1.807, 2.05) is 30.3 Å². The molecule has 0 saturated carbocycles. The van der Waals surface area contributed by atoms with Crippen LogP contribution in [0.2, 0.25) is 0 Å². The minimum atomic E-state index is -4.93. The van der Waals surface area contributed by atoms with Gasteiger partial charge in [0, 0.05) is 13.0 Å². The van der Waals surface area contributed by atoms with Gasteiger partial charge in [0.15, 0.2) is 0 Å². The Bertz CT molecular complexity index is 625. The highest BCUT2D eigenvalue weighted by atomic mass is 19.4. The number of piperidine rings is 1. The van der Waals surface area contributed by atoms with Crippen molar-refractivity contribution in [1.29, 1.82) is 0 Å². The Balaban J connectivity index is 1.80. The SMILES string of the molecule is O=C(O)C1(C(F)(F)F)C[CH]CCN1C1COCC(Cc2ccccc2)O1. The summed E-state index contributed by atoms with van der Waals surface area (Å²) in [5.74, 6) is -1.91. The van der Waals surface area contributed by atoms with E-state index in [2.05, 4.69) is 0 Å². The van der Waals surface area contributed by atoms with Crippen molar-refractivity contribution < 1.29 is 32.5 Å². The van der Waals surface area contributed by atoms with E-state index in [0.717, 1.165) is 10.5 Å². The molecule has 1 N–H and O–H groups in total. The molecule has 0 aliphatic carbocycles. The Morgan fingerprint density at radius 2 is 2.00 bits per heavy atom. The zero-order valence-corrected chi connectivity index (χ0v) is 14.1. The molecule has 1 radical (unpaired) electrons. The van der Waals surface area contributed by atoms with E-state index in [1.165, 1.54) is 6.42 Å². The molecule has 143 valence electrons. The Hall–Kier alpha value is -1.64. The zero-order chi connectivity index (χ0) is 18.8. The number of alkyl halides is 3. The third kappa shape index (κ3) is 3.58. The topological polar surface area (TPSA) is 59.0 Å². The maximum absolute atomic E-state index is 13.8. The number of halogens is 3. The van der Waals surface area contributed by atoms with Crippen LogP contribution >= 0.6 is 0 Å². The normalized spacial score (nSPS) is 30.9. The second kappa shape index (κ2) is 7.54.